The highest BCUT2D eigenvalue weighted by molar-refractivity contribution is 6.34. The molecule has 0 spiro atoms. The van der Waals surface area contributed by atoms with Crippen molar-refractivity contribution in [2.45, 2.75) is 0 Å². The second-order valence-corrected chi connectivity index (χ2v) is 2.70. The molecule has 3 N–H and O–H groups in total. The van der Waals surface area contributed by atoms with Crippen molar-refractivity contribution in [3.8, 4) is 6.19 Å². The molecule has 4 nitrogen and oxygen atoms in total. The molecule has 66 valence electrons. The number of hydrogen-bond acceptors (Lipinski definition) is 3. The molecule has 0 bridgehead atoms. The first-order chi connectivity index (χ1) is 6.15. The van der Waals surface area contributed by atoms with Crippen LogP contribution in [0.2, 0.25) is 5.02 Å². The molecule has 0 fully saturated rings. The Kier molecular flexibility index (Phi) is 2.72. The summed E-state index contributed by atoms with van der Waals surface area (Å²) < 4.78 is 0. The van der Waals surface area contributed by atoms with Crippen LogP contribution < -0.4 is 11.1 Å². The number of halogens is 1. The van der Waals surface area contributed by atoms with Gasteiger partial charge in [0.15, 0.2) is 6.19 Å². The summed E-state index contributed by atoms with van der Waals surface area (Å²) in [6.45, 7) is 0. The summed E-state index contributed by atoms with van der Waals surface area (Å²) in [5, 5.41) is 10.9. The molecular formula is C8H6ClN3O. The molecule has 5 heteroatoms. The summed E-state index contributed by atoms with van der Waals surface area (Å²) in [7, 11) is 0. The lowest BCUT2D eigenvalue weighted by Crippen LogP contribution is -2.11. The van der Waals surface area contributed by atoms with Crippen LogP contribution in [0.5, 0.6) is 0 Å². The van der Waals surface area contributed by atoms with E-state index in [2.05, 4.69) is 5.32 Å². The van der Waals surface area contributed by atoms with Crippen molar-refractivity contribution in [3.05, 3.63) is 28.8 Å². The lowest BCUT2D eigenvalue weighted by molar-refractivity contribution is 0.100. The number of amides is 1. The van der Waals surface area contributed by atoms with E-state index in [0.29, 0.717) is 5.69 Å². The van der Waals surface area contributed by atoms with Crippen LogP contribution in [0.3, 0.4) is 0 Å². The van der Waals surface area contributed by atoms with E-state index in [1.165, 1.54) is 12.1 Å². The summed E-state index contributed by atoms with van der Waals surface area (Å²) in [5.74, 6) is -0.589. The van der Waals surface area contributed by atoms with Gasteiger partial charge in [-0.15, -0.1) is 0 Å². The summed E-state index contributed by atoms with van der Waals surface area (Å²) >= 11 is 5.71. The molecule has 1 aromatic carbocycles. The Balaban J connectivity index is 3.07. The van der Waals surface area contributed by atoms with Gasteiger partial charge in [-0.25, -0.2) is 0 Å². The van der Waals surface area contributed by atoms with E-state index in [9.17, 15) is 4.79 Å². The average molecular weight is 196 g/mol. The average Bonchev–Trinajstić information content (AvgIpc) is 2.04. The van der Waals surface area contributed by atoms with Crippen LogP contribution >= 0.6 is 11.6 Å². The number of anilines is 1. The maximum Gasteiger partial charge on any atom is 0.250 e. The molecule has 1 amide bonds. The van der Waals surface area contributed by atoms with E-state index in [0.717, 1.165) is 0 Å². The Morgan fingerprint density at radius 3 is 2.77 bits per heavy atom. The van der Waals surface area contributed by atoms with Crippen LogP contribution in [0.4, 0.5) is 5.69 Å². The van der Waals surface area contributed by atoms with Crippen molar-refractivity contribution in [1.82, 2.24) is 0 Å². The van der Waals surface area contributed by atoms with Crippen molar-refractivity contribution < 1.29 is 4.79 Å². The normalized spacial score (nSPS) is 8.92. The standard InChI is InChI=1S/C8H6ClN3O/c9-7-3-5(12-4-10)1-2-6(7)8(11)13/h1-3,12H,(H2,11,13). The number of rotatable bonds is 2. The highest BCUT2D eigenvalue weighted by Gasteiger charge is 2.06. The Labute approximate surface area is 79.9 Å². The molecule has 0 aliphatic carbocycles. The molecule has 0 aliphatic heterocycles. The molecular weight excluding hydrogens is 190 g/mol. The molecule has 0 heterocycles. The molecule has 0 aliphatic rings. The molecule has 0 saturated carbocycles. The monoisotopic (exact) mass is 195 g/mol. The second kappa shape index (κ2) is 3.78. The largest absolute Gasteiger partial charge is 0.366 e. The Bertz CT molecular complexity index is 383. The number of carbonyl (C=O) groups excluding carboxylic acids is 1. The Morgan fingerprint density at radius 1 is 1.62 bits per heavy atom. The third kappa shape index (κ3) is 2.10. The third-order valence-electron chi connectivity index (χ3n) is 1.43. The van der Waals surface area contributed by atoms with Gasteiger partial charge in [0.05, 0.1) is 10.6 Å². The molecule has 0 saturated heterocycles. The zero-order chi connectivity index (χ0) is 9.84. The number of primary amides is 1. The minimum atomic E-state index is -0.589. The van der Waals surface area contributed by atoms with Crippen LogP contribution in [0.25, 0.3) is 0 Å². The van der Waals surface area contributed by atoms with Crippen molar-refractivity contribution in [2.24, 2.45) is 5.73 Å². The van der Waals surface area contributed by atoms with Gasteiger partial charge in [-0.2, -0.15) is 5.26 Å². The molecule has 0 aromatic heterocycles. The number of benzene rings is 1. The van der Waals surface area contributed by atoms with Gasteiger partial charge in [-0.1, -0.05) is 11.6 Å². The van der Waals surface area contributed by atoms with Gasteiger partial charge in [0.2, 0.25) is 5.91 Å². The number of nitrogens with two attached hydrogens (primary N) is 1. The first kappa shape index (κ1) is 9.36. The minimum Gasteiger partial charge on any atom is -0.366 e. The fourth-order valence-electron chi connectivity index (χ4n) is 0.857. The first-order valence-electron chi connectivity index (χ1n) is 3.39. The van der Waals surface area contributed by atoms with E-state index in [1.807, 2.05) is 0 Å². The maximum atomic E-state index is 10.7. The van der Waals surface area contributed by atoms with Gasteiger partial charge in [0.1, 0.15) is 0 Å². The van der Waals surface area contributed by atoms with Crippen molar-refractivity contribution in [1.29, 1.82) is 5.26 Å². The van der Waals surface area contributed by atoms with Crippen LogP contribution in [0.1, 0.15) is 10.4 Å². The van der Waals surface area contributed by atoms with Crippen LogP contribution in [0, 0.1) is 11.5 Å². The van der Waals surface area contributed by atoms with Crippen LogP contribution in [-0.2, 0) is 0 Å². The number of nitrogens with one attached hydrogen (secondary N) is 1. The van der Waals surface area contributed by atoms with Gasteiger partial charge >= 0.3 is 0 Å². The Hall–Kier alpha value is -1.73. The van der Waals surface area contributed by atoms with Gasteiger partial charge in [-0.05, 0) is 18.2 Å². The zero-order valence-corrected chi connectivity index (χ0v) is 7.30. The predicted octanol–water partition coefficient (Wildman–Crippen LogP) is 1.33. The third-order valence-corrected chi connectivity index (χ3v) is 1.75. The number of hydrogen-bond donors (Lipinski definition) is 2. The van der Waals surface area contributed by atoms with Gasteiger partial charge in [-0.3, -0.25) is 10.1 Å². The second-order valence-electron chi connectivity index (χ2n) is 2.30. The molecule has 13 heavy (non-hydrogen) atoms. The lowest BCUT2D eigenvalue weighted by Gasteiger charge is -2.01. The highest BCUT2D eigenvalue weighted by Crippen LogP contribution is 2.20. The van der Waals surface area contributed by atoms with Crippen LogP contribution in [0.15, 0.2) is 18.2 Å². The maximum absolute atomic E-state index is 10.7. The van der Waals surface area contributed by atoms with E-state index in [1.54, 1.807) is 12.3 Å². The van der Waals surface area contributed by atoms with E-state index >= 15 is 0 Å². The number of nitriles is 1. The molecule has 0 unspecified atom stereocenters. The quantitative estimate of drug-likeness (QED) is 0.552. The van der Waals surface area contributed by atoms with Crippen molar-refractivity contribution in [3.63, 3.8) is 0 Å². The summed E-state index contributed by atoms with van der Waals surface area (Å²) in [5.41, 5.74) is 5.80. The molecule has 1 aromatic rings. The fraction of sp³-hybridized carbons (Fsp3) is 0. The summed E-state index contributed by atoms with van der Waals surface area (Å²) in [4.78, 5) is 10.7. The number of nitrogens with zero attached hydrogens (tertiary/aromatic N) is 1. The first-order valence-corrected chi connectivity index (χ1v) is 3.77. The summed E-state index contributed by atoms with van der Waals surface area (Å²) in [6, 6.07) is 4.48. The van der Waals surface area contributed by atoms with Gasteiger partial charge in [0, 0.05) is 5.69 Å². The van der Waals surface area contributed by atoms with Gasteiger partial charge in [0.25, 0.3) is 0 Å². The summed E-state index contributed by atoms with van der Waals surface area (Å²) in [6.07, 6.45) is 1.74. The van der Waals surface area contributed by atoms with Crippen molar-refractivity contribution >= 4 is 23.2 Å². The van der Waals surface area contributed by atoms with E-state index < -0.39 is 5.91 Å². The minimum absolute atomic E-state index is 0.229. The molecule has 0 atom stereocenters. The van der Waals surface area contributed by atoms with Crippen LogP contribution in [-0.4, -0.2) is 5.91 Å². The fourth-order valence-corrected chi connectivity index (χ4v) is 1.13. The van der Waals surface area contributed by atoms with E-state index in [-0.39, 0.29) is 10.6 Å². The predicted molar refractivity (Wildman–Crippen MR) is 49.2 cm³/mol. The molecule has 1 rings (SSSR count). The SMILES string of the molecule is N#CNc1ccc(C(N)=O)c(Cl)c1. The highest BCUT2D eigenvalue weighted by atomic mass is 35.5. The Morgan fingerprint density at radius 2 is 2.31 bits per heavy atom. The lowest BCUT2D eigenvalue weighted by atomic mass is 10.2. The topological polar surface area (TPSA) is 78.9 Å². The smallest absolute Gasteiger partial charge is 0.250 e. The van der Waals surface area contributed by atoms with Crippen molar-refractivity contribution in [2.75, 3.05) is 5.32 Å². The van der Waals surface area contributed by atoms with Gasteiger partial charge < -0.3 is 5.73 Å². The number of carbonyl (C=O) groups is 1. The van der Waals surface area contributed by atoms with E-state index in [4.69, 9.17) is 22.6 Å². The zero-order valence-electron chi connectivity index (χ0n) is 6.54. The molecule has 0 radical (unpaired) electrons.